The highest BCUT2D eigenvalue weighted by molar-refractivity contribution is 6.30. The molecule has 126 valence electrons. The van der Waals surface area contributed by atoms with Gasteiger partial charge < -0.3 is 10.2 Å². The predicted molar refractivity (Wildman–Crippen MR) is 93.9 cm³/mol. The first-order chi connectivity index (χ1) is 11.4. The molecule has 0 radical (unpaired) electrons. The largest absolute Gasteiger partial charge is 0.326 e. The van der Waals surface area contributed by atoms with Gasteiger partial charge in [-0.05, 0) is 48.9 Å². The van der Waals surface area contributed by atoms with E-state index in [0.29, 0.717) is 16.4 Å². The van der Waals surface area contributed by atoms with Crippen LogP contribution in [0, 0.1) is 12.7 Å². The number of carbonyl (C=O) groups is 2. The van der Waals surface area contributed by atoms with E-state index in [2.05, 4.69) is 5.32 Å². The molecule has 0 aromatic heterocycles. The summed E-state index contributed by atoms with van der Waals surface area (Å²) in [5.74, 6) is -0.917. The molecule has 2 aromatic carbocycles. The molecule has 2 aromatic rings. The minimum absolute atomic E-state index is 0.0954. The van der Waals surface area contributed by atoms with Crippen molar-refractivity contribution in [2.75, 3.05) is 16.8 Å². The third-order valence-corrected chi connectivity index (χ3v) is 3.76. The topological polar surface area (TPSA) is 49.4 Å². The van der Waals surface area contributed by atoms with Crippen LogP contribution in [0.25, 0.3) is 0 Å². The molecular formula is C18H18ClFN2O2. The Bertz CT molecular complexity index is 764. The Morgan fingerprint density at radius 3 is 2.58 bits per heavy atom. The molecule has 24 heavy (non-hydrogen) atoms. The van der Waals surface area contributed by atoms with Crippen LogP contribution in [-0.2, 0) is 9.59 Å². The number of aryl methyl sites for hydroxylation is 1. The summed E-state index contributed by atoms with van der Waals surface area (Å²) in [5.41, 5.74) is 1.95. The van der Waals surface area contributed by atoms with Crippen LogP contribution in [-0.4, -0.2) is 18.4 Å². The number of rotatable bonds is 5. The zero-order valence-corrected chi connectivity index (χ0v) is 14.2. The maximum atomic E-state index is 13.3. The van der Waals surface area contributed by atoms with E-state index in [9.17, 15) is 14.0 Å². The number of nitrogens with one attached hydrogen (secondary N) is 1. The standard InChI is InChI=1S/C18H18ClFN2O2/c1-12-10-14(19)6-7-17(12)21-18(24)8-9-22(13(2)23)16-5-3-4-15(20)11-16/h3-7,10-11H,8-9H2,1-2H3,(H,21,24). The molecule has 0 aliphatic carbocycles. The Morgan fingerprint density at radius 2 is 1.96 bits per heavy atom. The van der Waals surface area contributed by atoms with Crippen molar-refractivity contribution in [2.24, 2.45) is 0 Å². The monoisotopic (exact) mass is 348 g/mol. The fraction of sp³-hybridized carbons (Fsp3) is 0.222. The summed E-state index contributed by atoms with van der Waals surface area (Å²) in [7, 11) is 0. The fourth-order valence-electron chi connectivity index (χ4n) is 2.31. The highest BCUT2D eigenvalue weighted by Gasteiger charge is 2.14. The van der Waals surface area contributed by atoms with E-state index in [1.165, 1.54) is 30.0 Å². The molecular weight excluding hydrogens is 331 g/mol. The number of hydrogen-bond donors (Lipinski definition) is 1. The Morgan fingerprint density at radius 1 is 1.21 bits per heavy atom. The van der Waals surface area contributed by atoms with E-state index in [1.54, 1.807) is 24.3 Å². The van der Waals surface area contributed by atoms with E-state index < -0.39 is 5.82 Å². The van der Waals surface area contributed by atoms with Crippen LogP contribution in [0.3, 0.4) is 0 Å². The lowest BCUT2D eigenvalue weighted by molar-refractivity contribution is -0.117. The van der Waals surface area contributed by atoms with Crippen LogP contribution < -0.4 is 10.2 Å². The van der Waals surface area contributed by atoms with E-state index in [0.717, 1.165) is 5.56 Å². The second-order valence-electron chi connectivity index (χ2n) is 5.41. The van der Waals surface area contributed by atoms with Gasteiger partial charge in [0.15, 0.2) is 0 Å². The highest BCUT2D eigenvalue weighted by Crippen LogP contribution is 2.20. The third kappa shape index (κ3) is 4.80. The van der Waals surface area contributed by atoms with Gasteiger partial charge in [0.05, 0.1) is 0 Å². The molecule has 2 amide bonds. The van der Waals surface area contributed by atoms with Crippen LogP contribution >= 0.6 is 11.6 Å². The SMILES string of the molecule is CC(=O)N(CCC(=O)Nc1ccc(Cl)cc1C)c1cccc(F)c1. The molecule has 6 heteroatoms. The van der Waals surface area contributed by atoms with Crippen molar-refractivity contribution in [2.45, 2.75) is 20.3 Å². The molecule has 0 aliphatic rings. The summed E-state index contributed by atoms with van der Waals surface area (Å²) in [6.07, 6.45) is 0.0954. The number of nitrogens with zero attached hydrogens (tertiary/aromatic N) is 1. The average molecular weight is 349 g/mol. The molecule has 0 saturated heterocycles. The molecule has 0 bridgehead atoms. The number of anilines is 2. The van der Waals surface area contributed by atoms with Gasteiger partial charge in [0, 0.05) is 36.3 Å². The van der Waals surface area contributed by atoms with Gasteiger partial charge in [0.1, 0.15) is 5.82 Å². The zero-order chi connectivity index (χ0) is 17.7. The second kappa shape index (κ2) is 7.93. The van der Waals surface area contributed by atoms with Gasteiger partial charge in [-0.1, -0.05) is 17.7 Å². The average Bonchev–Trinajstić information content (AvgIpc) is 2.50. The summed E-state index contributed by atoms with van der Waals surface area (Å²) >= 11 is 5.88. The van der Waals surface area contributed by atoms with Crippen LogP contribution in [0.4, 0.5) is 15.8 Å². The van der Waals surface area contributed by atoms with Crippen molar-refractivity contribution in [3.63, 3.8) is 0 Å². The molecule has 1 N–H and O–H groups in total. The molecule has 0 atom stereocenters. The Labute approximate surface area is 145 Å². The number of benzene rings is 2. The molecule has 2 rings (SSSR count). The summed E-state index contributed by atoms with van der Waals surface area (Å²) in [6.45, 7) is 3.39. The van der Waals surface area contributed by atoms with Crippen molar-refractivity contribution < 1.29 is 14.0 Å². The lowest BCUT2D eigenvalue weighted by atomic mass is 10.2. The molecule has 0 aliphatic heterocycles. The molecule has 4 nitrogen and oxygen atoms in total. The first-order valence-corrected chi connectivity index (χ1v) is 7.84. The van der Waals surface area contributed by atoms with Crippen molar-refractivity contribution in [1.82, 2.24) is 0 Å². The van der Waals surface area contributed by atoms with E-state index in [4.69, 9.17) is 11.6 Å². The van der Waals surface area contributed by atoms with E-state index in [1.807, 2.05) is 6.92 Å². The van der Waals surface area contributed by atoms with Crippen LogP contribution in [0.1, 0.15) is 18.9 Å². The molecule has 0 heterocycles. The zero-order valence-electron chi connectivity index (χ0n) is 13.5. The summed E-state index contributed by atoms with van der Waals surface area (Å²) in [5, 5.41) is 3.38. The van der Waals surface area contributed by atoms with Crippen molar-refractivity contribution in [3.8, 4) is 0 Å². The van der Waals surface area contributed by atoms with Gasteiger partial charge in [-0.25, -0.2) is 4.39 Å². The van der Waals surface area contributed by atoms with Crippen LogP contribution in [0.15, 0.2) is 42.5 Å². The number of halogens is 2. The second-order valence-corrected chi connectivity index (χ2v) is 5.84. The number of hydrogen-bond acceptors (Lipinski definition) is 2. The summed E-state index contributed by atoms with van der Waals surface area (Å²) in [6, 6.07) is 10.9. The molecule has 0 fully saturated rings. The van der Waals surface area contributed by atoms with Gasteiger partial charge in [-0.2, -0.15) is 0 Å². The van der Waals surface area contributed by atoms with Gasteiger partial charge >= 0.3 is 0 Å². The van der Waals surface area contributed by atoms with Gasteiger partial charge in [0.25, 0.3) is 0 Å². The molecule has 0 unspecified atom stereocenters. The number of amides is 2. The van der Waals surface area contributed by atoms with Gasteiger partial charge in [-0.3, -0.25) is 9.59 Å². The summed E-state index contributed by atoms with van der Waals surface area (Å²) in [4.78, 5) is 25.3. The Hall–Kier alpha value is -2.40. The highest BCUT2D eigenvalue weighted by atomic mass is 35.5. The maximum Gasteiger partial charge on any atom is 0.226 e. The predicted octanol–water partition coefficient (Wildman–Crippen LogP) is 4.17. The minimum Gasteiger partial charge on any atom is -0.326 e. The Kier molecular flexibility index (Phi) is 5.93. The fourth-order valence-corrected chi connectivity index (χ4v) is 2.53. The molecule has 0 spiro atoms. The van der Waals surface area contributed by atoms with Gasteiger partial charge in [-0.15, -0.1) is 0 Å². The van der Waals surface area contributed by atoms with Crippen LogP contribution in [0.2, 0.25) is 5.02 Å². The van der Waals surface area contributed by atoms with Crippen molar-refractivity contribution in [1.29, 1.82) is 0 Å². The smallest absolute Gasteiger partial charge is 0.226 e. The third-order valence-electron chi connectivity index (χ3n) is 3.52. The van der Waals surface area contributed by atoms with E-state index >= 15 is 0 Å². The maximum absolute atomic E-state index is 13.3. The van der Waals surface area contributed by atoms with Crippen molar-refractivity contribution >= 4 is 34.8 Å². The lowest BCUT2D eigenvalue weighted by Gasteiger charge is -2.21. The first kappa shape index (κ1) is 17.9. The first-order valence-electron chi connectivity index (χ1n) is 7.46. The van der Waals surface area contributed by atoms with Crippen LogP contribution in [0.5, 0.6) is 0 Å². The Balaban J connectivity index is 2.01. The number of carbonyl (C=O) groups excluding carboxylic acids is 2. The summed E-state index contributed by atoms with van der Waals surface area (Å²) < 4.78 is 13.3. The normalized spacial score (nSPS) is 10.3. The van der Waals surface area contributed by atoms with Gasteiger partial charge in [0.2, 0.25) is 11.8 Å². The van der Waals surface area contributed by atoms with E-state index in [-0.39, 0.29) is 24.8 Å². The quantitative estimate of drug-likeness (QED) is 0.881. The minimum atomic E-state index is -0.431. The molecule has 0 saturated carbocycles. The van der Waals surface area contributed by atoms with Crippen molar-refractivity contribution in [3.05, 3.63) is 58.9 Å². The lowest BCUT2D eigenvalue weighted by Crippen LogP contribution is -2.32.